The fourth-order valence-electron chi connectivity index (χ4n) is 3.60. The second-order valence-corrected chi connectivity index (χ2v) is 6.64. The van der Waals surface area contributed by atoms with Crippen LogP contribution in [0.15, 0.2) is 24.3 Å². The molecule has 1 amide bonds. The van der Waals surface area contributed by atoms with Gasteiger partial charge in [0.25, 0.3) is 0 Å². The number of aryl methyl sites for hydroxylation is 1. The number of amides is 1. The van der Waals surface area contributed by atoms with Crippen molar-refractivity contribution in [2.45, 2.75) is 25.8 Å². The molecule has 0 spiro atoms. The minimum absolute atomic E-state index is 0.0750. The van der Waals surface area contributed by atoms with Crippen LogP contribution in [0.3, 0.4) is 0 Å². The normalized spacial score (nSPS) is 15.3. The smallest absolute Gasteiger partial charge is 0.217 e. The number of methoxy groups -OCH3 is 3. The number of fused-ring (bicyclic) bond motifs is 3. The number of hydrogen-bond donors (Lipinski definition) is 1. The summed E-state index contributed by atoms with van der Waals surface area (Å²) in [5, 5.41) is 3.66. The van der Waals surface area contributed by atoms with Gasteiger partial charge in [-0.2, -0.15) is 0 Å². The number of benzene rings is 2. The number of nitrogens with one attached hydrogen (secondary N) is 1. The van der Waals surface area contributed by atoms with Crippen molar-refractivity contribution in [2.75, 3.05) is 21.3 Å². The Kier molecular flexibility index (Phi) is 5.28. The Balaban J connectivity index is 2.31. The van der Waals surface area contributed by atoms with Crippen molar-refractivity contribution < 1.29 is 19.0 Å². The molecule has 0 aromatic heterocycles. The highest BCUT2D eigenvalue weighted by atomic mass is 35.5. The zero-order valence-electron chi connectivity index (χ0n) is 15.3. The first kappa shape index (κ1) is 18.4. The Morgan fingerprint density at radius 3 is 2.46 bits per heavy atom. The molecule has 0 bridgehead atoms. The second-order valence-electron chi connectivity index (χ2n) is 6.20. The monoisotopic (exact) mass is 375 g/mol. The van der Waals surface area contributed by atoms with Gasteiger partial charge in [0.15, 0.2) is 11.5 Å². The molecule has 0 unspecified atom stereocenters. The Labute approximate surface area is 158 Å². The van der Waals surface area contributed by atoms with Crippen molar-refractivity contribution in [1.29, 1.82) is 0 Å². The molecule has 1 atom stereocenters. The van der Waals surface area contributed by atoms with Gasteiger partial charge in [-0.3, -0.25) is 4.79 Å². The fraction of sp³-hybridized carbons (Fsp3) is 0.350. The molecule has 2 aromatic carbocycles. The third-order valence-corrected chi connectivity index (χ3v) is 4.88. The van der Waals surface area contributed by atoms with E-state index in [-0.39, 0.29) is 11.9 Å². The molecular formula is C20H22ClNO4. The minimum atomic E-state index is -0.129. The highest BCUT2D eigenvalue weighted by Crippen LogP contribution is 2.50. The van der Waals surface area contributed by atoms with Gasteiger partial charge in [0.1, 0.15) is 0 Å². The van der Waals surface area contributed by atoms with E-state index >= 15 is 0 Å². The Bertz CT molecular complexity index is 850. The summed E-state index contributed by atoms with van der Waals surface area (Å²) in [7, 11) is 4.81. The molecule has 1 aliphatic rings. The summed E-state index contributed by atoms with van der Waals surface area (Å²) in [5.74, 6) is 1.71. The van der Waals surface area contributed by atoms with E-state index in [0.717, 1.165) is 35.1 Å². The van der Waals surface area contributed by atoms with Crippen LogP contribution >= 0.6 is 11.6 Å². The lowest BCUT2D eigenvalue weighted by molar-refractivity contribution is -0.119. The van der Waals surface area contributed by atoms with Crippen LogP contribution in [0.4, 0.5) is 0 Å². The van der Waals surface area contributed by atoms with Gasteiger partial charge in [0.05, 0.1) is 27.4 Å². The molecule has 0 aliphatic heterocycles. The topological polar surface area (TPSA) is 56.8 Å². The van der Waals surface area contributed by atoms with Crippen molar-refractivity contribution in [3.63, 3.8) is 0 Å². The van der Waals surface area contributed by atoms with Crippen molar-refractivity contribution >= 4 is 17.5 Å². The highest BCUT2D eigenvalue weighted by molar-refractivity contribution is 6.30. The molecule has 0 saturated heterocycles. The van der Waals surface area contributed by atoms with Crippen LogP contribution in [0.1, 0.15) is 30.5 Å². The maximum atomic E-state index is 11.7. The van der Waals surface area contributed by atoms with Crippen LogP contribution in [-0.2, 0) is 11.2 Å². The molecule has 6 heteroatoms. The molecule has 0 heterocycles. The van der Waals surface area contributed by atoms with Gasteiger partial charge < -0.3 is 19.5 Å². The average molecular weight is 376 g/mol. The van der Waals surface area contributed by atoms with Crippen LogP contribution < -0.4 is 19.5 Å². The number of carbonyl (C=O) groups excluding carboxylic acids is 1. The molecule has 3 rings (SSSR count). The Morgan fingerprint density at radius 2 is 1.85 bits per heavy atom. The van der Waals surface area contributed by atoms with Gasteiger partial charge >= 0.3 is 0 Å². The van der Waals surface area contributed by atoms with Crippen LogP contribution in [0.2, 0.25) is 5.02 Å². The molecule has 0 fully saturated rings. The van der Waals surface area contributed by atoms with E-state index in [1.807, 2.05) is 24.3 Å². The summed E-state index contributed by atoms with van der Waals surface area (Å²) in [5.41, 5.74) is 3.97. The molecule has 1 N–H and O–H groups in total. The zero-order valence-corrected chi connectivity index (χ0v) is 16.1. The first-order valence-electron chi connectivity index (χ1n) is 8.38. The van der Waals surface area contributed by atoms with E-state index in [1.165, 1.54) is 6.92 Å². The lowest BCUT2D eigenvalue weighted by atomic mass is 9.94. The lowest BCUT2D eigenvalue weighted by Crippen LogP contribution is -2.26. The Hall–Kier alpha value is -2.40. The molecule has 0 radical (unpaired) electrons. The molecule has 0 saturated carbocycles. The molecule has 5 nitrogen and oxygen atoms in total. The van der Waals surface area contributed by atoms with Gasteiger partial charge in [-0.15, -0.1) is 0 Å². The summed E-state index contributed by atoms with van der Waals surface area (Å²) < 4.78 is 16.7. The summed E-state index contributed by atoms with van der Waals surface area (Å²) >= 11 is 6.25. The van der Waals surface area contributed by atoms with Crippen molar-refractivity contribution in [2.24, 2.45) is 0 Å². The minimum Gasteiger partial charge on any atom is -0.493 e. The fourth-order valence-corrected chi connectivity index (χ4v) is 3.78. The van der Waals surface area contributed by atoms with E-state index in [0.29, 0.717) is 22.3 Å². The van der Waals surface area contributed by atoms with Crippen LogP contribution in [0, 0.1) is 0 Å². The predicted molar refractivity (Wildman–Crippen MR) is 101 cm³/mol. The maximum Gasteiger partial charge on any atom is 0.217 e. The van der Waals surface area contributed by atoms with Gasteiger partial charge in [-0.25, -0.2) is 0 Å². The number of carbonyl (C=O) groups is 1. The first-order valence-corrected chi connectivity index (χ1v) is 8.76. The third-order valence-electron chi connectivity index (χ3n) is 4.65. The summed E-state index contributed by atoms with van der Waals surface area (Å²) in [4.78, 5) is 11.7. The predicted octanol–water partition coefficient (Wildman–Crippen LogP) is 4.16. The maximum absolute atomic E-state index is 11.7. The van der Waals surface area contributed by atoms with Crippen LogP contribution in [-0.4, -0.2) is 27.2 Å². The SMILES string of the molecule is COc1cc2c(c(OC)c1OC)-c1ccc(Cl)cc1[C@@H](NC(C)=O)CC2. The quantitative estimate of drug-likeness (QED) is 0.871. The average Bonchev–Trinajstić information content (AvgIpc) is 2.76. The van der Waals surface area contributed by atoms with Gasteiger partial charge in [0.2, 0.25) is 11.7 Å². The van der Waals surface area contributed by atoms with E-state index in [4.69, 9.17) is 25.8 Å². The Morgan fingerprint density at radius 1 is 1.12 bits per heavy atom. The number of ether oxygens (including phenoxy) is 3. The molecule has 1 aliphatic carbocycles. The zero-order chi connectivity index (χ0) is 18.8. The van der Waals surface area contributed by atoms with Crippen LogP contribution in [0.5, 0.6) is 17.2 Å². The van der Waals surface area contributed by atoms with E-state index in [9.17, 15) is 4.79 Å². The summed E-state index contributed by atoms with van der Waals surface area (Å²) in [6, 6.07) is 7.56. The van der Waals surface area contributed by atoms with E-state index < -0.39 is 0 Å². The van der Waals surface area contributed by atoms with Crippen molar-refractivity contribution in [3.05, 3.63) is 40.4 Å². The van der Waals surface area contributed by atoms with Crippen molar-refractivity contribution in [1.82, 2.24) is 5.32 Å². The van der Waals surface area contributed by atoms with E-state index in [2.05, 4.69) is 5.32 Å². The standard InChI is InChI=1S/C20H22ClNO4/c1-11(23)22-16-8-5-12-9-17(24-2)19(25-3)20(26-4)18(12)14-7-6-13(21)10-15(14)16/h6-7,9-10,16H,5,8H2,1-4H3,(H,22,23)/t16-/m0/s1. The first-order chi connectivity index (χ1) is 12.5. The van der Waals surface area contributed by atoms with Crippen molar-refractivity contribution in [3.8, 4) is 28.4 Å². The molecule has 2 aromatic rings. The summed E-state index contributed by atoms with van der Waals surface area (Å²) in [6.07, 6.45) is 1.50. The number of rotatable bonds is 4. The number of hydrogen-bond acceptors (Lipinski definition) is 4. The van der Waals surface area contributed by atoms with Crippen LogP contribution in [0.25, 0.3) is 11.1 Å². The van der Waals surface area contributed by atoms with Gasteiger partial charge in [0, 0.05) is 17.5 Å². The largest absolute Gasteiger partial charge is 0.493 e. The highest BCUT2D eigenvalue weighted by Gasteiger charge is 2.29. The number of halogens is 1. The van der Waals surface area contributed by atoms with E-state index in [1.54, 1.807) is 21.3 Å². The third kappa shape index (κ3) is 3.19. The molecular weight excluding hydrogens is 354 g/mol. The molecule has 138 valence electrons. The van der Waals surface area contributed by atoms with Gasteiger partial charge in [-0.05, 0) is 47.7 Å². The van der Waals surface area contributed by atoms with Gasteiger partial charge in [-0.1, -0.05) is 17.7 Å². The second kappa shape index (κ2) is 7.46. The molecule has 26 heavy (non-hydrogen) atoms. The summed E-state index contributed by atoms with van der Waals surface area (Å²) in [6.45, 7) is 1.52. The lowest BCUT2D eigenvalue weighted by Gasteiger charge is -2.21.